The normalized spacial score (nSPS) is 21.9. The number of rotatable bonds is 9. The molecule has 0 aromatic carbocycles. The number of morpholine rings is 1. The number of nitrogens with one attached hydrogen (secondary N) is 1. The standard InChI is InChI=1S/C27H48N4O4/c1-18(2)23(17-21(7)26(33)30-13-15-35-16-14-30)29(8)27(34)24(19(3)4)28-25(32)22-11-9-10-12-31(22)20(5)6/h17-20,22-24H,9-16H2,1-8H3,(H,28,32)/b21-17+/t22?,23-,24+/m1/s1. The summed E-state index contributed by atoms with van der Waals surface area (Å²) in [7, 11) is 1.78. The fraction of sp³-hybridized carbons (Fsp3) is 0.815. The summed E-state index contributed by atoms with van der Waals surface area (Å²) in [6.45, 7) is 17.2. The first-order chi connectivity index (χ1) is 16.5. The molecule has 8 heteroatoms. The van der Waals surface area contributed by atoms with Gasteiger partial charge in [-0.05, 0) is 52.0 Å². The van der Waals surface area contributed by atoms with Gasteiger partial charge < -0.3 is 19.9 Å². The molecule has 0 aromatic rings. The van der Waals surface area contributed by atoms with E-state index < -0.39 is 6.04 Å². The molecule has 1 N–H and O–H groups in total. The van der Waals surface area contributed by atoms with E-state index in [2.05, 4.69) is 24.1 Å². The first kappa shape index (κ1) is 29.3. The summed E-state index contributed by atoms with van der Waals surface area (Å²) < 4.78 is 5.36. The SMILES string of the molecule is C/C(=C\[C@H](C(C)C)N(C)C(=O)[C@@H](NC(=O)C1CCCCN1C(C)C)C(C)C)C(=O)N1CCOCC1. The van der Waals surface area contributed by atoms with E-state index in [4.69, 9.17) is 4.74 Å². The summed E-state index contributed by atoms with van der Waals surface area (Å²) in [4.78, 5) is 45.7. The minimum Gasteiger partial charge on any atom is -0.378 e. The Labute approximate surface area is 212 Å². The zero-order chi connectivity index (χ0) is 26.3. The Morgan fingerprint density at radius 1 is 0.971 bits per heavy atom. The van der Waals surface area contributed by atoms with Crippen molar-refractivity contribution in [2.24, 2.45) is 11.8 Å². The smallest absolute Gasteiger partial charge is 0.249 e. The van der Waals surface area contributed by atoms with Gasteiger partial charge in [0, 0.05) is 31.8 Å². The van der Waals surface area contributed by atoms with Crippen LogP contribution in [0, 0.1) is 11.8 Å². The van der Waals surface area contributed by atoms with Crippen LogP contribution in [-0.4, -0.2) is 96.5 Å². The summed E-state index contributed by atoms with van der Waals surface area (Å²) in [5.41, 5.74) is 0.630. The summed E-state index contributed by atoms with van der Waals surface area (Å²) in [5, 5.41) is 3.09. The van der Waals surface area contributed by atoms with Gasteiger partial charge in [0.05, 0.1) is 25.3 Å². The van der Waals surface area contributed by atoms with Crippen LogP contribution in [0.2, 0.25) is 0 Å². The predicted octanol–water partition coefficient (Wildman–Crippen LogP) is 2.68. The number of likely N-dealkylation sites (tertiary alicyclic amines) is 1. The molecule has 0 radical (unpaired) electrons. The molecule has 0 aromatic heterocycles. The molecule has 2 fully saturated rings. The van der Waals surface area contributed by atoms with E-state index in [1.165, 1.54) is 0 Å². The second kappa shape index (κ2) is 13.4. The van der Waals surface area contributed by atoms with Gasteiger partial charge in [-0.2, -0.15) is 0 Å². The Morgan fingerprint density at radius 3 is 2.14 bits per heavy atom. The maximum absolute atomic E-state index is 13.7. The molecule has 2 rings (SSSR count). The van der Waals surface area contributed by atoms with E-state index in [0.717, 1.165) is 25.8 Å². The van der Waals surface area contributed by atoms with Gasteiger partial charge in [0.2, 0.25) is 17.7 Å². The molecule has 1 unspecified atom stereocenters. The Hall–Kier alpha value is -1.93. The van der Waals surface area contributed by atoms with Crippen molar-refractivity contribution in [3.8, 4) is 0 Å². The lowest BCUT2D eigenvalue weighted by Crippen LogP contribution is -2.58. The zero-order valence-corrected chi connectivity index (χ0v) is 23.2. The molecule has 0 saturated carbocycles. The zero-order valence-electron chi connectivity index (χ0n) is 23.2. The van der Waals surface area contributed by atoms with Crippen molar-refractivity contribution in [1.82, 2.24) is 20.0 Å². The number of piperidine rings is 1. The number of nitrogens with zero attached hydrogens (tertiary/aromatic N) is 3. The van der Waals surface area contributed by atoms with Crippen LogP contribution in [0.5, 0.6) is 0 Å². The van der Waals surface area contributed by atoms with Gasteiger partial charge in [-0.25, -0.2) is 0 Å². The average molecular weight is 493 g/mol. The third-order valence-electron chi connectivity index (χ3n) is 7.27. The van der Waals surface area contributed by atoms with Crippen LogP contribution in [0.25, 0.3) is 0 Å². The van der Waals surface area contributed by atoms with Gasteiger partial charge in [0.1, 0.15) is 6.04 Å². The Kier molecular flexibility index (Phi) is 11.2. The summed E-state index contributed by atoms with van der Waals surface area (Å²) in [5.74, 6) is -0.150. The number of amides is 3. The molecule has 2 heterocycles. The molecular formula is C27H48N4O4. The molecule has 2 saturated heterocycles. The van der Waals surface area contributed by atoms with Crippen molar-refractivity contribution < 1.29 is 19.1 Å². The molecule has 2 aliphatic rings. The third kappa shape index (κ3) is 7.78. The van der Waals surface area contributed by atoms with Gasteiger partial charge in [-0.15, -0.1) is 0 Å². The molecule has 8 nitrogen and oxygen atoms in total. The van der Waals surface area contributed by atoms with Gasteiger partial charge in [0.25, 0.3) is 0 Å². The van der Waals surface area contributed by atoms with Crippen LogP contribution in [0.1, 0.15) is 67.7 Å². The topological polar surface area (TPSA) is 82.2 Å². The largest absolute Gasteiger partial charge is 0.378 e. The van der Waals surface area contributed by atoms with Crippen LogP contribution in [0.15, 0.2) is 11.6 Å². The fourth-order valence-electron chi connectivity index (χ4n) is 5.08. The quantitative estimate of drug-likeness (QED) is 0.501. The molecule has 3 amide bonds. The van der Waals surface area contributed by atoms with Gasteiger partial charge in [-0.1, -0.05) is 40.2 Å². The highest BCUT2D eigenvalue weighted by atomic mass is 16.5. The molecule has 3 atom stereocenters. The van der Waals surface area contributed by atoms with E-state index >= 15 is 0 Å². The molecule has 200 valence electrons. The first-order valence-corrected chi connectivity index (χ1v) is 13.3. The number of hydrogen-bond donors (Lipinski definition) is 1. The van der Waals surface area contributed by atoms with Crippen molar-refractivity contribution in [2.75, 3.05) is 39.9 Å². The van der Waals surface area contributed by atoms with Crippen molar-refractivity contribution in [2.45, 2.75) is 91.9 Å². The minimum atomic E-state index is -0.617. The van der Waals surface area contributed by atoms with E-state index in [-0.39, 0.29) is 47.7 Å². The van der Waals surface area contributed by atoms with Crippen LogP contribution in [0.4, 0.5) is 0 Å². The minimum absolute atomic E-state index is 0.0143. The second-order valence-electron chi connectivity index (χ2n) is 11.0. The molecular weight excluding hydrogens is 444 g/mol. The Bertz CT molecular complexity index is 758. The van der Waals surface area contributed by atoms with Crippen molar-refractivity contribution in [3.05, 3.63) is 11.6 Å². The van der Waals surface area contributed by atoms with E-state index in [9.17, 15) is 14.4 Å². The fourth-order valence-corrected chi connectivity index (χ4v) is 5.08. The average Bonchev–Trinajstić information content (AvgIpc) is 2.84. The van der Waals surface area contributed by atoms with Crippen molar-refractivity contribution in [3.63, 3.8) is 0 Å². The maximum Gasteiger partial charge on any atom is 0.249 e. The van der Waals surface area contributed by atoms with E-state index in [1.807, 2.05) is 40.7 Å². The van der Waals surface area contributed by atoms with Crippen molar-refractivity contribution in [1.29, 1.82) is 0 Å². The maximum atomic E-state index is 13.7. The molecule has 0 bridgehead atoms. The van der Waals surface area contributed by atoms with E-state index in [0.29, 0.717) is 31.9 Å². The van der Waals surface area contributed by atoms with Crippen molar-refractivity contribution >= 4 is 17.7 Å². The highest BCUT2D eigenvalue weighted by molar-refractivity contribution is 5.93. The van der Waals surface area contributed by atoms with Crippen LogP contribution in [0.3, 0.4) is 0 Å². The summed E-state index contributed by atoms with van der Waals surface area (Å²) in [6.07, 6.45) is 4.85. The van der Waals surface area contributed by atoms with Gasteiger partial charge in [-0.3, -0.25) is 19.3 Å². The lowest BCUT2D eigenvalue weighted by molar-refractivity contribution is -0.140. The lowest BCUT2D eigenvalue weighted by atomic mass is 9.95. The summed E-state index contributed by atoms with van der Waals surface area (Å²) >= 11 is 0. The molecule has 0 spiro atoms. The van der Waals surface area contributed by atoms with Crippen LogP contribution in [-0.2, 0) is 19.1 Å². The Balaban J connectivity index is 2.17. The van der Waals surface area contributed by atoms with Gasteiger partial charge >= 0.3 is 0 Å². The highest BCUT2D eigenvalue weighted by Crippen LogP contribution is 2.21. The first-order valence-electron chi connectivity index (χ1n) is 13.3. The number of carbonyl (C=O) groups excluding carboxylic acids is 3. The predicted molar refractivity (Wildman–Crippen MR) is 139 cm³/mol. The van der Waals surface area contributed by atoms with Crippen LogP contribution < -0.4 is 5.32 Å². The number of likely N-dealkylation sites (N-methyl/N-ethyl adjacent to an activating group) is 1. The van der Waals surface area contributed by atoms with Crippen LogP contribution >= 0.6 is 0 Å². The number of hydrogen-bond acceptors (Lipinski definition) is 5. The van der Waals surface area contributed by atoms with E-state index in [1.54, 1.807) is 16.8 Å². The molecule has 2 aliphatic heterocycles. The monoisotopic (exact) mass is 492 g/mol. The third-order valence-corrected chi connectivity index (χ3v) is 7.27. The second-order valence-corrected chi connectivity index (χ2v) is 11.0. The highest BCUT2D eigenvalue weighted by Gasteiger charge is 2.36. The Morgan fingerprint density at radius 2 is 1.60 bits per heavy atom. The van der Waals surface area contributed by atoms with Gasteiger partial charge in [0.15, 0.2) is 0 Å². The number of ether oxygens (including phenoxy) is 1. The molecule has 35 heavy (non-hydrogen) atoms. The molecule has 0 aliphatic carbocycles. The summed E-state index contributed by atoms with van der Waals surface area (Å²) in [6, 6.07) is -0.789. The lowest BCUT2D eigenvalue weighted by Gasteiger charge is -2.39. The number of carbonyl (C=O) groups is 3.